The summed E-state index contributed by atoms with van der Waals surface area (Å²) in [6.07, 6.45) is -3.70. The zero-order chi connectivity index (χ0) is 21.8. The maximum Gasteiger partial charge on any atom is 0.416 e. The lowest BCUT2D eigenvalue weighted by atomic mass is 10.1. The van der Waals surface area contributed by atoms with Crippen LogP contribution >= 0.6 is 24.0 Å². The van der Waals surface area contributed by atoms with Crippen molar-refractivity contribution in [3.8, 4) is 0 Å². The fraction of sp³-hybridized carbons (Fsp3) is 0.632. The third-order valence-corrected chi connectivity index (χ3v) is 7.22. The number of halogens is 4. The molecule has 2 aliphatic heterocycles. The van der Waals surface area contributed by atoms with Crippen LogP contribution in [0.15, 0.2) is 29.3 Å². The van der Waals surface area contributed by atoms with E-state index in [4.69, 9.17) is 0 Å². The lowest BCUT2D eigenvalue weighted by Gasteiger charge is -2.38. The molecule has 0 aliphatic carbocycles. The minimum atomic E-state index is -4.36. The van der Waals surface area contributed by atoms with Gasteiger partial charge in [0.15, 0.2) is 5.96 Å². The highest BCUT2D eigenvalue weighted by atomic mass is 127. The van der Waals surface area contributed by atoms with E-state index in [0.717, 1.165) is 6.07 Å². The molecule has 12 heteroatoms. The van der Waals surface area contributed by atoms with E-state index in [0.29, 0.717) is 70.4 Å². The lowest BCUT2D eigenvalue weighted by Crippen LogP contribution is -2.52. The fourth-order valence-electron chi connectivity index (χ4n) is 3.69. The number of guanidine groups is 1. The molecule has 1 aromatic carbocycles. The molecule has 2 saturated heterocycles. The Balaban J connectivity index is 0.00000341. The van der Waals surface area contributed by atoms with Crippen molar-refractivity contribution in [3.63, 3.8) is 0 Å². The molecular formula is C19H29F3IN5O2S. The van der Waals surface area contributed by atoms with Gasteiger partial charge in [-0.2, -0.15) is 13.2 Å². The van der Waals surface area contributed by atoms with E-state index in [2.05, 4.69) is 15.2 Å². The van der Waals surface area contributed by atoms with E-state index in [9.17, 15) is 21.6 Å². The standard InChI is InChI=1S/C19H28F3N5O2S.HI/c1-2-23-18(24-7-9-27-8-4-14-30(27,28)29)26-12-10-25(11-13-26)17-6-3-5-16(15-17)19(20,21)22;/h3,5-6,15H,2,4,7-14H2,1H3,(H,23,24);1H. The Labute approximate surface area is 198 Å². The van der Waals surface area contributed by atoms with Gasteiger partial charge in [-0.25, -0.2) is 12.7 Å². The quantitative estimate of drug-likeness (QED) is 0.332. The number of benzene rings is 1. The van der Waals surface area contributed by atoms with Crippen molar-refractivity contribution in [1.29, 1.82) is 0 Å². The molecule has 2 aliphatic rings. The van der Waals surface area contributed by atoms with Gasteiger partial charge in [0.25, 0.3) is 0 Å². The summed E-state index contributed by atoms with van der Waals surface area (Å²) in [5.41, 5.74) is -0.0835. The Hall–Kier alpha value is -1.28. The van der Waals surface area contributed by atoms with Crippen LogP contribution in [0.25, 0.3) is 0 Å². The van der Waals surface area contributed by atoms with E-state index < -0.39 is 21.8 Å². The molecule has 0 radical (unpaired) electrons. The molecule has 2 fully saturated rings. The second kappa shape index (κ2) is 11.0. The summed E-state index contributed by atoms with van der Waals surface area (Å²) in [5.74, 6) is 0.909. The van der Waals surface area contributed by atoms with E-state index in [-0.39, 0.29) is 29.7 Å². The predicted octanol–water partition coefficient (Wildman–Crippen LogP) is 2.45. The number of nitrogens with zero attached hydrogens (tertiary/aromatic N) is 4. The monoisotopic (exact) mass is 575 g/mol. The number of sulfonamides is 1. The van der Waals surface area contributed by atoms with E-state index in [1.807, 2.05) is 11.8 Å². The topological polar surface area (TPSA) is 68.2 Å². The Morgan fingerprint density at radius 1 is 1.16 bits per heavy atom. The normalized spacial score (nSPS) is 19.9. The molecule has 0 spiro atoms. The number of piperazine rings is 1. The first kappa shape index (κ1) is 26.0. The molecule has 3 rings (SSSR count). The van der Waals surface area contributed by atoms with Gasteiger partial charge in [-0.1, -0.05) is 6.07 Å². The molecule has 1 aromatic rings. The summed E-state index contributed by atoms with van der Waals surface area (Å²) < 4.78 is 64.2. The van der Waals surface area contributed by atoms with Crippen LogP contribution in [-0.2, 0) is 16.2 Å². The molecule has 0 bridgehead atoms. The van der Waals surface area contributed by atoms with Crippen molar-refractivity contribution in [2.24, 2.45) is 4.99 Å². The first-order valence-electron chi connectivity index (χ1n) is 10.1. The average molecular weight is 575 g/mol. The van der Waals surface area contributed by atoms with E-state index >= 15 is 0 Å². The van der Waals surface area contributed by atoms with Crippen LogP contribution < -0.4 is 10.2 Å². The molecule has 0 unspecified atom stereocenters. The Morgan fingerprint density at radius 3 is 2.45 bits per heavy atom. The Morgan fingerprint density at radius 2 is 1.87 bits per heavy atom. The molecule has 0 saturated carbocycles. The number of nitrogens with one attached hydrogen (secondary N) is 1. The van der Waals surface area contributed by atoms with Crippen molar-refractivity contribution in [3.05, 3.63) is 29.8 Å². The van der Waals surface area contributed by atoms with Crippen LogP contribution in [0.3, 0.4) is 0 Å². The van der Waals surface area contributed by atoms with E-state index in [1.165, 1.54) is 16.4 Å². The maximum atomic E-state index is 13.0. The van der Waals surface area contributed by atoms with Gasteiger partial charge < -0.3 is 15.1 Å². The summed E-state index contributed by atoms with van der Waals surface area (Å²) in [6.45, 7) is 6.29. The van der Waals surface area contributed by atoms with Crippen molar-refractivity contribution in [2.75, 3.05) is 63.0 Å². The molecule has 2 heterocycles. The van der Waals surface area contributed by atoms with Crippen LogP contribution in [-0.4, -0.2) is 81.7 Å². The fourth-order valence-corrected chi connectivity index (χ4v) is 5.21. The molecule has 0 amide bonds. The van der Waals surface area contributed by atoms with Crippen molar-refractivity contribution in [1.82, 2.24) is 14.5 Å². The highest BCUT2D eigenvalue weighted by molar-refractivity contribution is 14.0. The molecule has 7 nitrogen and oxygen atoms in total. The highest BCUT2D eigenvalue weighted by Gasteiger charge is 2.31. The van der Waals surface area contributed by atoms with Crippen LogP contribution in [0.4, 0.5) is 18.9 Å². The smallest absolute Gasteiger partial charge is 0.368 e. The summed E-state index contributed by atoms with van der Waals surface area (Å²) >= 11 is 0. The number of anilines is 1. The van der Waals surface area contributed by atoms with E-state index in [1.54, 1.807) is 6.07 Å². The van der Waals surface area contributed by atoms with Gasteiger partial charge in [-0.15, -0.1) is 24.0 Å². The van der Waals surface area contributed by atoms with Gasteiger partial charge in [0, 0.05) is 51.5 Å². The lowest BCUT2D eigenvalue weighted by molar-refractivity contribution is -0.137. The van der Waals surface area contributed by atoms with Gasteiger partial charge in [-0.3, -0.25) is 4.99 Å². The van der Waals surface area contributed by atoms with Crippen molar-refractivity contribution >= 4 is 45.6 Å². The second-order valence-electron chi connectivity index (χ2n) is 7.33. The van der Waals surface area contributed by atoms with Crippen LogP contribution in [0.1, 0.15) is 18.9 Å². The van der Waals surface area contributed by atoms with Gasteiger partial charge >= 0.3 is 6.18 Å². The molecule has 0 aromatic heterocycles. The summed E-state index contributed by atoms with van der Waals surface area (Å²) in [4.78, 5) is 8.57. The summed E-state index contributed by atoms with van der Waals surface area (Å²) in [7, 11) is -3.13. The first-order chi connectivity index (χ1) is 14.2. The van der Waals surface area contributed by atoms with Gasteiger partial charge in [0.1, 0.15) is 0 Å². The minimum Gasteiger partial charge on any atom is -0.368 e. The summed E-state index contributed by atoms with van der Waals surface area (Å²) in [6, 6.07) is 5.39. The molecule has 0 atom stereocenters. The number of rotatable bonds is 5. The van der Waals surface area contributed by atoms with Gasteiger partial charge in [0.05, 0.1) is 17.9 Å². The second-order valence-corrected chi connectivity index (χ2v) is 9.41. The highest BCUT2D eigenvalue weighted by Crippen LogP contribution is 2.31. The zero-order valence-corrected chi connectivity index (χ0v) is 20.6. The molecule has 1 N–H and O–H groups in total. The number of hydrogen-bond donors (Lipinski definition) is 1. The van der Waals surface area contributed by atoms with Crippen molar-refractivity contribution in [2.45, 2.75) is 19.5 Å². The summed E-state index contributed by atoms with van der Waals surface area (Å²) in [5, 5.41) is 3.22. The zero-order valence-electron chi connectivity index (χ0n) is 17.4. The number of hydrogen-bond acceptors (Lipinski definition) is 4. The molecule has 176 valence electrons. The minimum absolute atomic E-state index is 0. The Kier molecular flexibility index (Phi) is 9.25. The Bertz CT molecular complexity index is 858. The van der Waals surface area contributed by atoms with Gasteiger partial charge in [0.2, 0.25) is 10.0 Å². The van der Waals surface area contributed by atoms with Crippen LogP contribution in [0.5, 0.6) is 0 Å². The third-order valence-electron chi connectivity index (χ3n) is 5.27. The predicted molar refractivity (Wildman–Crippen MR) is 127 cm³/mol. The third kappa shape index (κ3) is 6.85. The van der Waals surface area contributed by atoms with Crippen LogP contribution in [0, 0.1) is 0 Å². The largest absolute Gasteiger partial charge is 0.416 e. The number of aliphatic imine (C=N–C) groups is 1. The first-order valence-corrected chi connectivity index (χ1v) is 11.7. The molecule has 31 heavy (non-hydrogen) atoms. The molecular weight excluding hydrogens is 546 g/mol. The average Bonchev–Trinajstić information content (AvgIpc) is 3.05. The SMILES string of the molecule is CCNC(=NCCN1CCCS1(=O)=O)N1CCN(c2cccc(C(F)(F)F)c2)CC1.I. The van der Waals surface area contributed by atoms with Crippen molar-refractivity contribution < 1.29 is 21.6 Å². The van der Waals surface area contributed by atoms with Crippen LogP contribution in [0.2, 0.25) is 0 Å². The maximum absolute atomic E-state index is 13.0. The van der Waals surface area contributed by atoms with Gasteiger partial charge in [-0.05, 0) is 31.5 Å². The number of alkyl halides is 3.